The van der Waals surface area contributed by atoms with Gasteiger partial charge >= 0.3 is 0 Å². The van der Waals surface area contributed by atoms with E-state index in [0.29, 0.717) is 0 Å². The Morgan fingerprint density at radius 2 is 2.25 bits per heavy atom. The highest BCUT2D eigenvalue weighted by Gasteiger charge is 1.98. The summed E-state index contributed by atoms with van der Waals surface area (Å²) in [5, 5.41) is 2.21. The predicted molar refractivity (Wildman–Crippen MR) is 56.9 cm³/mol. The molecule has 64 valence electrons. The molecule has 4 heteroatoms. The Balaban J connectivity index is 2.89. The second kappa shape index (κ2) is 3.96. The van der Waals surface area contributed by atoms with Crippen LogP contribution in [0.5, 0.6) is 0 Å². The lowest BCUT2D eigenvalue weighted by molar-refractivity contribution is 0.270. The van der Waals surface area contributed by atoms with Gasteiger partial charge in [-0.05, 0) is 24.6 Å². The number of rotatable bonds is 1. The molecule has 1 N–H and O–H groups in total. The smallest absolute Gasteiger partial charge is 0.280 e. The van der Waals surface area contributed by atoms with Crippen molar-refractivity contribution in [3.8, 4) is 0 Å². The Hall–Kier alpha value is -0.480. The number of hydrogen-bond acceptors (Lipinski definition) is 1. The highest BCUT2D eigenvalue weighted by atomic mass is 79.9. The van der Waals surface area contributed by atoms with Crippen LogP contribution in [0.3, 0.4) is 0 Å². The van der Waals surface area contributed by atoms with Gasteiger partial charge < -0.3 is 5.32 Å². The van der Waals surface area contributed by atoms with E-state index in [1.54, 1.807) is 0 Å². The first-order chi connectivity index (χ1) is 5.59. The lowest BCUT2D eigenvalue weighted by Gasteiger charge is -2.03. The molecule has 0 radical (unpaired) electrons. The highest BCUT2D eigenvalue weighted by Crippen LogP contribution is 2.20. The van der Waals surface area contributed by atoms with Crippen molar-refractivity contribution in [3.05, 3.63) is 28.2 Å². The van der Waals surface area contributed by atoms with E-state index in [2.05, 4.69) is 33.9 Å². The van der Waals surface area contributed by atoms with Crippen molar-refractivity contribution >= 4 is 39.5 Å². The van der Waals surface area contributed by atoms with Crippen molar-refractivity contribution in [2.75, 3.05) is 5.32 Å². The Morgan fingerprint density at radius 3 is 2.75 bits per heavy atom. The minimum absolute atomic E-state index is 0.356. The van der Waals surface area contributed by atoms with Gasteiger partial charge in [-0.2, -0.15) is 0 Å². The Bertz CT molecular complexity index is 314. The second-order valence-corrected chi connectivity index (χ2v) is 3.65. The van der Waals surface area contributed by atoms with Crippen molar-refractivity contribution < 1.29 is 4.79 Å². The van der Waals surface area contributed by atoms with Crippen LogP contribution in [0, 0.1) is 6.92 Å². The molecule has 0 saturated heterocycles. The van der Waals surface area contributed by atoms with Gasteiger partial charge in [-0.1, -0.05) is 34.6 Å². The standard InChI is InChI=1S/C8H8BrNOS/c1-5-2-3-6(4-7(5)9)10-8(11)12/h2-4H,1H3,(H2,10,11,12). The van der Waals surface area contributed by atoms with Crippen LogP contribution in [-0.2, 0) is 0 Å². The predicted octanol–water partition coefficient (Wildman–Crippen LogP) is 3.22. The maximum atomic E-state index is 10.5. The van der Waals surface area contributed by atoms with Gasteiger partial charge in [0.25, 0.3) is 5.24 Å². The molecule has 2 nitrogen and oxygen atoms in total. The topological polar surface area (TPSA) is 29.1 Å². The highest BCUT2D eigenvalue weighted by molar-refractivity contribution is 9.10. The lowest BCUT2D eigenvalue weighted by Crippen LogP contribution is -2.00. The van der Waals surface area contributed by atoms with Gasteiger partial charge in [-0.25, -0.2) is 0 Å². The molecule has 0 aliphatic carbocycles. The summed E-state index contributed by atoms with van der Waals surface area (Å²) in [6.07, 6.45) is 0. The second-order valence-electron chi connectivity index (χ2n) is 2.39. The average Bonchev–Trinajstić information content (AvgIpc) is 1.96. The lowest BCUT2D eigenvalue weighted by atomic mass is 10.2. The molecule has 0 aliphatic rings. The number of aryl methyl sites for hydroxylation is 1. The van der Waals surface area contributed by atoms with Gasteiger partial charge in [0.2, 0.25) is 0 Å². The summed E-state index contributed by atoms with van der Waals surface area (Å²) in [6, 6.07) is 5.58. The molecule has 1 rings (SSSR count). The largest absolute Gasteiger partial charge is 0.317 e. The average molecular weight is 246 g/mol. The molecule has 0 saturated carbocycles. The number of halogens is 1. The Morgan fingerprint density at radius 1 is 1.58 bits per heavy atom. The van der Waals surface area contributed by atoms with E-state index in [0.717, 1.165) is 15.7 Å². The van der Waals surface area contributed by atoms with Crippen LogP contribution in [0.1, 0.15) is 5.56 Å². The van der Waals surface area contributed by atoms with E-state index in [4.69, 9.17) is 0 Å². The normalized spacial score (nSPS) is 9.58. The van der Waals surface area contributed by atoms with Gasteiger partial charge in [0.05, 0.1) is 0 Å². The van der Waals surface area contributed by atoms with Gasteiger partial charge in [0, 0.05) is 10.2 Å². The van der Waals surface area contributed by atoms with Crippen LogP contribution >= 0.6 is 28.6 Å². The van der Waals surface area contributed by atoms with Crippen LogP contribution in [0.4, 0.5) is 10.5 Å². The molecule has 0 aromatic heterocycles. The Labute approximate surface area is 84.9 Å². The van der Waals surface area contributed by atoms with E-state index in [9.17, 15) is 4.79 Å². The summed E-state index contributed by atoms with van der Waals surface area (Å²) in [5.74, 6) is 0. The van der Waals surface area contributed by atoms with E-state index < -0.39 is 0 Å². The number of anilines is 1. The minimum atomic E-state index is -0.356. The molecule has 1 aromatic rings. The van der Waals surface area contributed by atoms with Crippen LogP contribution < -0.4 is 5.32 Å². The number of amides is 1. The first-order valence-electron chi connectivity index (χ1n) is 3.35. The maximum absolute atomic E-state index is 10.5. The number of hydrogen-bond donors (Lipinski definition) is 2. The molecular weight excluding hydrogens is 238 g/mol. The number of carbonyl (C=O) groups excluding carboxylic acids is 1. The first-order valence-corrected chi connectivity index (χ1v) is 4.59. The Kier molecular flexibility index (Phi) is 3.17. The molecule has 12 heavy (non-hydrogen) atoms. The van der Waals surface area contributed by atoms with Crippen LogP contribution in [0.15, 0.2) is 22.7 Å². The molecule has 0 fully saturated rings. The van der Waals surface area contributed by atoms with Crippen molar-refractivity contribution in [1.29, 1.82) is 0 Å². The number of nitrogens with one attached hydrogen (secondary N) is 1. The van der Waals surface area contributed by atoms with E-state index in [1.807, 2.05) is 25.1 Å². The maximum Gasteiger partial charge on any atom is 0.280 e. The quantitative estimate of drug-likeness (QED) is 0.732. The molecule has 0 heterocycles. The summed E-state index contributed by atoms with van der Waals surface area (Å²) in [4.78, 5) is 10.5. The van der Waals surface area contributed by atoms with Crippen LogP contribution in [0.25, 0.3) is 0 Å². The molecule has 0 spiro atoms. The van der Waals surface area contributed by atoms with Gasteiger partial charge in [-0.3, -0.25) is 4.79 Å². The van der Waals surface area contributed by atoms with E-state index in [1.165, 1.54) is 0 Å². The van der Waals surface area contributed by atoms with Crippen molar-refractivity contribution in [2.24, 2.45) is 0 Å². The van der Waals surface area contributed by atoms with Crippen molar-refractivity contribution in [1.82, 2.24) is 0 Å². The van der Waals surface area contributed by atoms with Gasteiger partial charge in [0.1, 0.15) is 0 Å². The molecule has 0 atom stereocenters. The molecule has 0 unspecified atom stereocenters. The fourth-order valence-electron chi connectivity index (χ4n) is 0.794. The zero-order chi connectivity index (χ0) is 9.14. The molecule has 0 bridgehead atoms. The fourth-order valence-corrected chi connectivity index (χ4v) is 1.30. The fraction of sp³-hybridized carbons (Fsp3) is 0.125. The minimum Gasteiger partial charge on any atom is -0.317 e. The molecule has 1 aromatic carbocycles. The summed E-state index contributed by atoms with van der Waals surface area (Å²) < 4.78 is 0.974. The van der Waals surface area contributed by atoms with Crippen molar-refractivity contribution in [2.45, 2.75) is 6.92 Å². The SMILES string of the molecule is Cc1ccc(NC(=O)S)cc1Br. The summed E-state index contributed by atoms with van der Waals surface area (Å²) >= 11 is 6.96. The summed E-state index contributed by atoms with van der Waals surface area (Å²) in [6.45, 7) is 1.98. The van der Waals surface area contributed by atoms with Gasteiger partial charge in [-0.15, -0.1) is 0 Å². The first kappa shape index (κ1) is 9.61. The van der Waals surface area contributed by atoms with E-state index in [-0.39, 0.29) is 5.24 Å². The van der Waals surface area contributed by atoms with Crippen LogP contribution in [0.2, 0.25) is 0 Å². The third-order valence-electron chi connectivity index (χ3n) is 1.42. The van der Waals surface area contributed by atoms with Gasteiger partial charge in [0.15, 0.2) is 0 Å². The number of carbonyl (C=O) groups is 1. The third-order valence-corrected chi connectivity index (χ3v) is 2.39. The third kappa shape index (κ3) is 2.53. The zero-order valence-electron chi connectivity index (χ0n) is 6.47. The van der Waals surface area contributed by atoms with Crippen LogP contribution in [-0.4, -0.2) is 5.24 Å². The zero-order valence-corrected chi connectivity index (χ0v) is 8.95. The van der Waals surface area contributed by atoms with Crippen molar-refractivity contribution in [3.63, 3.8) is 0 Å². The van der Waals surface area contributed by atoms with E-state index >= 15 is 0 Å². The number of benzene rings is 1. The number of thiol groups is 1. The summed E-state index contributed by atoms with van der Waals surface area (Å²) in [7, 11) is 0. The molecule has 1 amide bonds. The monoisotopic (exact) mass is 245 g/mol. The molecule has 0 aliphatic heterocycles. The summed E-state index contributed by atoms with van der Waals surface area (Å²) in [5.41, 5.74) is 1.87. The molecular formula is C8H8BrNOS.